The molecule has 0 amide bonds. The molecule has 5 heteroatoms. The molecule has 0 aliphatic carbocycles. The van der Waals surface area contributed by atoms with Gasteiger partial charge in [0.2, 0.25) is 0 Å². The van der Waals surface area contributed by atoms with Gasteiger partial charge in [0.25, 0.3) is 0 Å². The first-order chi connectivity index (χ1) is 8.47. The van der Waals surface area contributed by atoms with Crippen LogP contribution in [0.1, 0.15) is 21.5 Å². The van der Waals surface area contributed by atoms with Gasteiger partial charge in [0.05, 0.1) is 5.56 Å². The van der Waals surface area contributed by atoms with Crippen molar-refractivity contribution in [1.29, 1.82) is 0 Å². The van der Waals surface area contributed by atoms with Crippen LogP contribution in [0.4, 0.5) is 13.2 Å². The SMILES string of the molecule is O=C(Cc1ccsc1)c1ccc(C(F)(F)F)cc1. The molecule has 0 aliphatic heterocycles. The molecule has 0 saturated carbocycles. The van der Waals surface area contributed by atoms with Crippen LogP contribution in [-0.4, -0.2) is 5.78 Å². The van der Waals surface area contributed by atoms with Gasteiger partial charge in [-0.2, -0.15) is 24.5 Å². The summed E-state index contributed by atoms with van der Waals surface area (Å²) in [6.45, 7) is 0. The van der Waals surface area contributed by atoms with Crippen LogP contribution in [-0.2, 0) is 12.6 Å². The summed E-state index contributed by atoms with van der Waals surface area (Å²) < 4.78 is 37.0. The molecule has 0 N–H and O–H groups in total. The zero-order chi connectivity index (χ0) is 13.2. The van der Waals surface area contributed by atoms with Crippen LogP contribution >= 0.6 is 11.3 Å². The highest BCUT2D eigenvalue weighted by Crippen LogP contribution is 2.29. The van der Waals surface area contributed by atoms with Crippen molar-refractivity contribution in [3.63, 3.8) is 0 Å². The summed E-state index contributed by atoms with van der Waals surface area (Å²) in [5.41, 5.74) is 0.439. The first-order valence-electron chi connectivity index (χ1n) is 5.18. The number of carbonyl (C=O) groups excluding carboxylic acids is 1. The minimum Gasteiger partial charge on any atom is -0.294 e. The van der Waals surface area contributed by atoms with Gasteiger partial charge in [-0.15, -0.1) is 0 Å². The van der Waals surface area contributed by atoms with Gasteiger partial charge in [-0.05, 0) is 34.5 Å². The number of hydrogen-bond donors (Lipinski definition) is 0. The van der Waals surface area contributed by atoms with E-state index in [1.54, 1.807) is 0 Å². The molecule has 0 atom stereocenters. The van der Waals surface area contributed by atoms with Gasteiger partial charge in [-0.1, -0.05) is 12.1 Å². The Morgan fingerprint density at radius 3 is 2.28 bits per heavy atom. The Bertz CT molecular complexity index is 526. The van der Waals surface area contributed by atoms with Crippen molar-refractivity contribution in [3.05, 3.63) is 57.8 Å². The number of Topliss-reactive ketones (excluding diaryl/α,β-unsaturated/α-hetero) is 1. The van der Waals surface area contributed by atoms with Crippen molar-refractivity contribution in [2.75, 3.05) is 0 Å². The number of alkyl halides is 3. The average Bonchev–Trinajstić information content (AvgIpc) is 2.81. The molecule has 0 unspecified atom stereocenters. The normalized spacial score (nSPS) is 11.5. The van der Waals surface area contributed by atoms with Crippen LogP contribution < -0.4 is 0 Å². The molecule has 0 saturated heterocycles. The van der Waals surface area contributed by atoms with Crippen molar-refractivity contribution in [2.45, 2.75) is 12.6 Å². The number of benzene rings is 1. The third-order valence-corrected chi connectivity index (χ3v) is 3.21. The molecule has 18 heavy (non-hydrogen) atoms. The highest BCUT2D eigenvalue weighted by atomic mass is 32.1. The lowest BCUT2D eigenvalue weighted by Gasteiger charge is -2.06. The quantitative estimate of drug-likeness (QED) is 0.764. The van der Waals surface area contributed by atoms with E-state index in [4.69, 9.17) is 0 Å². The molecule has 0 bridgehead atoms. The van der Waals surface area contributed by atoms with Gasteiger partial charge in [-0.25, -0.2) is 0 Å². The van der Waals surface area contributed by atoms with Crippen molar-refractivity contribution in [1.82, 2.24) is 0 Å². The third kappa shape index (κ3) is 2.98. The molecule has 0 spiro atoms. The van der Waals surface area contributed by atoms with E-state index in [2.05, 4.69) is 0 Å². The minimum atomic E-state index is -4.37. The van der Waals surface area contributed by atoms with Gasteiger partial charge in [0.1, 0.15) is 0 Å². The zero-order valence-corrected chi connectivity index (χ0v) is 10.0. The van der Waals surface area contributed by atoms with E-state index in [1.165, 1.54) is 23.5 Å². The smallest absolute Gasteiger partial charge is 0.294 e. The molecule has 1 aromatic carbocycles. The Hall–Kier alpha value is -1.62. The number of thiophene rings is 1. The molecule has 1 aromatic heterocycles. The summed E-state index contributed by atoms with van der Waals surface area (Å²) in [4.78, 5) is 11.8. The Labute approximate surface area is 106 Å². The Morgan fingerprint density at radius 1 is 1.11 bits per heavy atom. The van der Waals surface area contributed by atoms with Crippen molar-refractivity contribution >= 4 is 17.1 Å². The average molecular weight is 270 g/mol. The monoisotopic (exact) mass is 270 g/mol. The van der Waals surface area contributed by atoms with E-state index in [1.807, 2.05) is 16.8 Å². The summed E-state index contributed by atoms with van der Waals surface area (Å²) in [6.07, 6.45) is -4.15. The van der Waals surface area contributed by atoms with Crippen LogP contribution in [0.15, 0.2) is 41.1 Å². The summed E-state index contributed by atoms with van der Waals surface area (Å²) in [5.74, 6) is -0.179. The Balaban J connectivity index is 2.12. The predicted molar refractivity (Wildman–Crippen MR) is 63.8 cm³/mol. The van der Waals surface area contributed by atoms with Crippen molar-refractivity contribution in [2.24, 2.45) is 0 Å². The molecule has 2 aromatic rings. The van der Waals surface area contributed by atoms with Crippen LogP contribution in [0.3, 0.4) is 0 Å². The predicted octanol–water partition coefficient (Wildman–Crippen LogP) is 4.19. The highest BCUT2D eigenvalue weighted by molar-refractivity contribution is 7.08. The fourth-order valence-corrected chi connectivity index (χ4v) is 2.19. The van der Waals surface area contributed by atoms with Crippen LogP contribution in [0, 0.1) is 0 Å². The number of ketones is 1. The van der Waals surface area contributed by atoms with Gasteiger partial charge in [0.15, 0.2) is 5.78 Å². The molecular weight excluding hydrogens is 261 g/mol. The first kappa shape index (κ1) is 12.8. The van der Waals surface area contributed by atoms with Gasteiger partial charge >= 0.3 is 6.18 Å². The first-order valence-corrected chi connectivity index (χ1v) is 6.12. The van der Waals surface area contributed by atoms with Gasteiger partial charge < -0.3 is 0 Å². The molecular formula is C13H9F3OS. The molecule has 0 aliphatic rings. The largest absolute Gasteiger partial charge is 0.416 e. The van der Waals surface area contributed by atoms with Crippen LogP contribution in [0.2, 0.25) is 0 Å². The molecule has 0 radical (unpaired) electrons. The lowest BCUT2D eigenvalue weighted by atomic mass is 10.0. The topological polar surface area (TPSA) is 17.1 Å². The second-order valence-electron chi connectivity index (χ2n) is 3.81. The minimum absolute atomic E-state index is 0.179. The maximum absolute atomic E-state index is 12.3. The second kappa shape index (κ2) is 4.94. The van der Waals surface area contributed by atoms with E-state index in [9.17, 15) is 18.0 Å². The van der Waals surface area contributed by atoms with E-state index in [-0.39, 0.29) is 12.2 Å². The van der Waals surface area contributed by atoms with E-state index in [0.29, 0.717) is 5.56 Å². The molecule has 2 rings (SSSR count). The van der Waals surface area contributed by atoms with Crippen molar-refractivity contribution in [3.8, 4) is 0 Å². The summed E-state index contributed by atoms with van der Waals surface area (Å²) in [5, 5.41) is 3.71. The number of carbonyl (C=O) groups is 1. The summed E-state index contributed by atoms with van der Waals surface area (Å²) in [6, 6.07) is 6.13. The van der Waals surface area contributed by atoms with Gasteiger partial charge in [0, 0.05) is 12.0 Å². The molecule has 94 valence electrons. The van der Waals surface area contributed by atoms with Crippen LogP contribution in [0.25, 0.3) is 0 Å². The highest BCUT2D eigenvalue weighted by Gasteiger charge is 2.30. The number of rotatable bonds is 3. The molecule has 0 fully saturated rings. The lowest BCUT2D eigenvalue weighted by Crippen LogP contribution is -2.07. The third-order valence-electron chi connectivity index (χ3n) is 2.48. The fourth-order valence-electron chi connectivity index (χ4n) is 1.53. The Morgan fingerprint density at radius 2 is 1.78 bits per heavy atom. The maximum atomic E-state index is 12.3. The van der Waals surface area contributed by atoms with Crippen LogP contribution in [0.5, 0.6) is 0 Å². The van der Waals surface area contributed by atoms with Gasteiger partial charge in [-0.3, -0.25) is 4.79 Å². The van der Waals surface area contributed by atoms with Crippen molar-refractivity contribution < 1.29 is 18.0 Å². The molecule has 1 nitrogen and oxygen atoms in total. The second-order valence-corrected chi connectivity index (χ2v) is 4.59. The number of halogens is 3. The lowest BCUT2D eigenvalue weighted by molar-refractivity contribution is -0.137. The standard InChI is InChI=1S/C13H9F3OS/c14-13(15,16)11-3-1-10(2-4-11)12(17)7-9-5-6-18-8-9/h1-6,8H,7H2. The van der Waals surface area contributed by atoms with E-state index >= 15 is 0 Å². The summed E-state index contributed by atoms with van der Waals surface area (Å²) >= 11 is 1.48. The van der Waals surface area contributed by atoms with E-state index < -0.39 is 11.7 Å². The summed E-state index contributed by atoms with van der Waals surface area (Å²) in [7, 11) is 0. The Kier molecular flexibility index (Phi) is 3.52. The van der Waals surface area contributed by atoms with E-state index in [0.717, 1.165) is 17.7 Å². The number of hydrogen-bond acceptors (Lipinski definition) is 2. The maximum Gasteiger partial charge on any atom is 0.416 e. The fraction of sp³-hybridized carbons (Fsp3) is 0.154. The zero-order valence-electron chi connectivity index (χ0n) is 9.20. The molecule has 1 heterocycles.